The number of ether oxygens (including phenoxy) is 1. The fourth-order valence-corrected chi connectivity index (χ4v) is 5.42. The van der Waals surface area contributed by atoms with Crippen molar-refractivity contribution < 1.29 is 17.9 Å². The lowest BCUT2D eigenvalue weighted by molar-refractivity contribution is -0.118. The van der Waals surface area contributed by atoms with E-state index in [0.717, 1.165) is 18.4 Å². The standard InChI is InChI=1S/C22H23N3O4S2/c26-21(25-22-24-11-14-30-22)19(15-16-8-12-29-13-9-16)17-4-6-18(7-5-17)31(27,28)20-3-1-2-10-23-20/h1-7,10-11,14,16,19H,8-9,12-13,15H2,(H,24,25,26). The minimum absolute atomic E-state index is 0.00279. The van der Waals surface area contributed by atoms with Crippen LogP contribution in [0.2, 0.25) is 0 Å². The number of carbonyl (C=O) groups is 1. The molecule has 162 valence electrons. The molecule has 1 fully saturated rings. The summed E-state index contributed by atoms with van der Waals surface area (Å²) in [7, 11) is -3.71. The zero-order valence-electron chi connectivity index (χ0n) is 16.8. The highest BCUT2D eigenvalue weighted by atomic mass is 32.2. The number of nitrogens with one attached hydrogen (secondary N) is 1. The first-order valence-corrected chi connectivity index (χ1v) is 12.4. The Kier molecular flexibility index (Phi) is 6.74. The number of hydrogen-bond acceptors (Lipinski definition) is 7. The SMILES string of the molecule is O=C(Nc1nccs1)C(CC1CCOCC1)c1ccc(S(=O)(=O)c2ccccn2)cc1. The van der Waals surface area contributed by atoms with Crippen LogP contribution in [0.4, 0.5) is 5.13 Å². The van der Waals surface area contributed by atoms with Crippen molar-refractivity contribution in [3.8, 4) is 0 Å². The second-order valence-electron chi connectivity index (χ2n) is 7.41. The van der Waals surface area contributed by atoms with Gasteiger partial charge in [0.15, 0.2) is 10.2 Å². The van der Waals surface area contributed by atoms with Crippen LogP contribution in [-0.4, -0.2) is 37.5 Å². The summed E-state index contributed by atoms with van der Waals surface area (Å²) in [5.41, 5.74) is 0.778. The predicted molar refractivity (Wildman–Crippen MR) is 118 cm³/mol. The molecule has 0 aliphatic carbocycles. The molecule has 0 bridgehead atoms. The van der Waals surface area contributed by atoms with E-state index in [1.54, 1.807) is 48.0 Å². The Morgan fingerprint density at radius 3 is 2.52 bits per heavy atom. The molecule has 0 radical (unpaired) electrons. The van der Waals surface area contributed by atoms with Gasteiger partial charge in [0.05, 0.1) is 10.8 Å². The summed E-state index contributed by atoms with van der Waals surface area (Å²) in [6.07, 6.45) is 5.59. The van der Waals surface area contributed by atoms with Crippen LogP contribution in [0.5, 0.6) is 0 Å². The third-order valence-electron chi connectivity index (χ3n) is 5.39. The van der Waals surface area contributed by atoms with E-state index in [1.165, 1.54) is 23.6 Å². The van der Waals surface area contributed by atoms with E-state index in [0.29, 0.717) is 30.7 Å². The van der Waals surface area contributed by atoms with E-state index in [9.17, 15) is 13.2 Å². The molecule has 1 atom stereocenters. The zero-order valence-corrected chi connectivity index (χ0v) is 18.4. The Bertz CT molecular complexity index is 1100. The van der Waals surface area contributed by atoms with Crippen LogP contribution in [0.25, 0.3) is 0 Å². The van der Waals surface area contributed by atoms with Gasteiger partial charge < -0.3 is 10.1 Å². The van der Waals surface area contributed by atoms with Crippen molar-refractivity contribution in [1.82, 2.24) is 9.97 Å². The van der Waals surface area contributed by atoms with E-state index in [2.05, 4.69) is 15.3 Å². The normalized spacial score (nSPS) is 16.0. The topological polar surface area (TPSA) is 98.2 Å². The average Bonchev–Trinajstić information content (AvgIpc) is 3.32. The molecule has 0 spiro atoms. The van der Waals surface area contributed by atoms with Crippen LogP contribution in [0.3, 0.4) is 0 Å². The van der Waals surface area contributed by atoms with Crippen molar-refractivity contribution >= 4 is 32.2 Å². The maximum Gasteiger partial charge on any atom is 0.233 e. The summed E-state index contributed by atoms with van der Waals surface area (Å²) in [5.74, 6) is -0.168. The number of hydrogen-bond donors (Lipinski definition) is 1. The number of carbonyl (C=O) groups excluding carboxylic acids is 1. The maximum atomic E-state index is 13.1. The molecule has 1 aromatic carbocycles. The first-order valence-electron chi connectivity index (χ1n) is 10.1. The fourth-order valence-electron chi connectivity index (χ4n) is 3.69. The number of pyridine rings is 1. The molecule has 1 N–H and O–H groups in total. The number of nitrogens with zero attached hydrogens (tertiary/aromatic N) is 2. The Hall–Kier alpha value is -2.62. The van der Waals surface area contributed by atoms with Crippen LogP contribution in [0.1, 0.15) is 30.7 Å². The van der Waals surface area contributed by atoms with Crippen molar-refractivity contribution in [1.29, 1.82) is 0 Å². The van der Waals surface area contributed by atoms with Gasteiger partial charge in [-0.2, -0.15) is 0 Å². The Morgan fingerprint density at radius 1 is 1.10 bits per heavy atom. The zero-order chi connectivity index (χ0) is 21.7. The van der Waals surface area contributed by atoms with E-state index < -0.39 is 15.8 Å². The van der Waals surface area contributed by atoms with Crippen molar-refractivity contribution in [2.75, 3.05) is 18.5 Å². The van der Waals surface area contributed by atoms with Crippen LogP contribution in [-0.2, 0) is 19.4 Å². The third kappa shape index (κ3) is 5.17. The summed E-state index contributed by atoms with van der Waals surface area (Å²) in [4.78, 5) is 21.3. The van der Waals surface area contributed by atoms with Gasteiger partial charge in [-0.1, -0.05) is 18.2 Å². The highest BCUT2D eigenvalue weighted by Gasteiger charge is 2.27. The van der Waals surface area contributed by atoms with E-state index in [1.807, 2.05) is 0 Å². The number of thiazole rings is 1. The van der Waals surface area contributed by atoms with Gasteiger partial charge in [0, 0.05) is 31.0 Å². The van der Waals surface area contributed by atoms with E-state index in [4.69, 9.17) is 4.74 Å². The Morgan fingerprint density at radius 2 is 1.87 bits per heavy atom. The molecule has 1 aliphatic heterocycles. The highest BCUT2D eigenvalue weighted by molar-refractivity contribution is 7.91. The van der Waals surface area contributed by atoms with Gasteiger partial charge in [-0.15, -0.1) is 11.3 Å². The van der Waals surface area contributed by atoms with E-state index in [-0.39, 0.29) is 15.8 Å². The fraction of sp³-hybridized carbons (Fsp3) is 0.318. The molecule has 4 rings (SSSR count). The predicted octanol–water partition coefficient (Wildman–Crippen LogP) is 3.91. The second-order valence-corrected chi connectivity index (χ2v) is 10.2. The molecule has 3 heterocycles. The third-order valence-corrected chi connectivity index (χ3v) is 7.77. The Balaban J connectivity index is 1.59. The summed E-state index contributed by atoms with van der Waals surface area (Å²) in [5, 5.41) is 5.25. The number of sulfone groups is 1. The van der Waals surface area contributed by atoms with Crippen LogP contribution >= 0.6 is 11.3 Å². The first kappa shape index (κ1) is 21.6. The minimum Gasteiger partial charge on any atom is -0.381 e. The van der Waals surface area contributed by atoms with Crippen LogP contribution in [0.15, 0.2) is 70.2 Å². The van der Waals surface area contributed by atoms with Gasteiger partial charge in [0.25, 0.3) is 0 Å². The molecule has 7 nitrogen and oxygen atoms in total. The van der Waals surface area contributed by atoms with Gasteiger partial charge >= 0.3 is 0 Å². The Labute approximate surface area is 185 Å². The van der Waals surface area contributed by atoms with Gasteiger partial charge in [0.2, 0.25) is 15.7 Å². The molecule has 1 amide bonds. The molecule has 1 saturated heterocycles. The van der Waals surface area contributed by atoms with Gasteiger partial charge in [-0.3, -0.25) is 4.79 Å². The van der Waals surface area contributed by atoms with Crippen LogP contribution in [0, 0.1) is 5.92 Å². The molecular weight excluding hydrogens is 434 g/mol. The molecule has 0 saturated carbocycles. The summed E-state index contributed by atoms with van der Waals surface area (Å²) < 4.78 is 31.1. The van der Waals surface area contributed by atoms with Crippen molar-refractivity contribution in [2.45, 2.75) is 35.1 Å². The van der Waals surface area contributed by atoms with Gasteiger partial charge in [-0.25, -0.2) is 18.4 Å². The lowest BCUT2D eigenvalue weighted by Crippen LogP contribution is -2.26. The van der Waals surface area contributed by atoms with Crippen LogP contribution < -0.4 is 5.32 Å². The molecule has 3 aromatic rings. The number of aromatic nitrogens is 2. The molecule has 1 aliphatic rings. The lowest BCUT2D eigenvalue weighted by Gasteiger charge is -2.26. The number of anilines is 1. The minimum atomic E-state index is -3.71. The molecule has 2 aromatic heterocycles. The molecule has 31 heavy (non-hydrogen) atoms. The summed E-state index contributed by atoms with van der Waals surface area (Å²) in [6, 6.07) is 11.3. The number of benzene rings is 1. The maximum absolute atomic E-state index is 13.1. The van der Waals surface area contributed by atoms with E-state index >= 15 is 0 Å². The average molecular weight is 458 g/mol. The smallest absolute Gasteiger partial charge is 0.233 e. The monoisotopic (exact) mass is 457 g/mol. The summed E-state index contributed by atoms with van der Waals surface area (Å²) in [6.45, 7) is 1.40. The molecule has 1 unspecified atom stereocenters. The van der Waals surface area contributed by atoms with Crippen molar-refractivity contribution in [3.05, 3.63) is 65.8 Å². The quantitative estimate of drug-likeness (QED) is 0.578. The number of amides is 1. The molecule has 9 heteroatoms. The lowest BCUT2D eigenvalue weighted by atomic mass is 9.84. The largest absolute Gasteiger partial charge is 0.381 e. The second kappa shape index (κ2) is 9.67. The first-order chi connectivity index (χ1) is 15.0. The van der Waals surface area contributed by atoms with Crippen molar-refractivity contribution in [2.24, 2.45) is 5.92 Å². The van der Waals surface area contributed by atoms with Gasteiger partial charge in [0.1, 0.15) is 0 Å². The van der Waals surface area contributed by atoms with Crippen molar-refractivity contribution in [3.63, 3.8) is 0 Å². The van der Waals surface area contributed by atoms with Gasteiger partial charge in [-0.05, 0) is 55.0 Å². The molecular formula is C22H23N3O4S2. The summed E-state index contributed by atoms with van der Waals surface area (Å²) >= 11 is 1.36. The highest BCUT2D eigenvalue weighted by Crippen LogP contribution is 2.32. The number of rotatable bonds is 7.